The Balaban J connectivity index is 1.37. The molecule has 3 atom stereocenters. The van der Waals surface area contributed by atoms with Gasteiger partial charge in [-0.1, -0.05) is 0 Å². The number of benzene rings is 1. The summed E-state index contributed by atoms with van der Waals surface area (Å²) in [6.07, 6.45) is 3.55. The predicted molar refractivity (Wildman–Crippen MR) is 109 cm³/mol. The number of hydrogen-bond donors (Lipinski definition) is 3. The molecule has 1 aromatic carbocycles. The summed E-state index contributed by atoms with van der Waals surface area (Å²) in [7, 11) is -2.19. The second-order valence-electron chi connectivity index (χ2n) is 8.22. The number of nitrogens with zero attached hydrogens (tertiary/aromatic N) is 1. The number of piperazine rings is 1. The number of methoxy groups -OCH3 is 1. The first-order chi connectivity index (χ1) is 14.4. The third-order valence-electron chi connectivity index (χ3n) is 5.96. The van der Waals surface area contributed by atoms with Crippen molar-refractivity contribution in [3.63, 3.8) is 0 Å². The normalized spacial score (nSPS) is 26.7. The van der Waals surface area contributed by atoms with Crippen molar-refractivity contribution in [1.29, 1.82) is 0 Å². The van der Waals surface area contributed by atoms with E-state index in [0.29, 0.717) is 44.1 Å². The van der Waals surface area contributed by atoms with Gasteiger partial charge >= 0.3 is 0 Å². The highest BCUT2D eigenvalue weighted by Gasteiger charge is 2.44. The van der Waals surface area contributed by atoms with E-state index in [4.69, 9.17) is 4.74 Å². The van der Waals surface area contributed by atoms with E-state index in [1.807, 2.05) is 4.90 Å². The molecular weight excluding hydrogens is 408 g/mol. The smallest absolute Gasteiger partial charge is 0.240 e. The number of rotatable bonds is 8. The lowest BCUT2D eigenvalue weighted by molar-refractivity contribution is -0.129. The van der Waals surface area contributed by atoms with Crippen molar-refractivity contribution in [1.82, 2.24) is 20.3 Å². The summed E-state index contributed by atoms with van der Waals surface area (Å²) in [6, 6.07) is 5.81. The molecule has 0 radical (unpaired) electrons. The monoisotopic (exact) mass is 436 g/mol. The van der Waals surface area contributed by atoms with Crippen molar-refractivity contribution >= 4 is 21.8 Å². The average molecular weight is 437 g/mol. The molecule has 3 N–H and O–H groups in total. The van der Waals surface area contributed by atoms with Crippen LogP contribution in [0.15, 0.2) is 29.2 Å². The lowest BCUT2D eigenvalue weighted by atomic mass is 10.0. The van der Waals surface area contributed by atoms with Crippen LogP contribution in [0.5, 0.6) is 5.75 Å². The summed E-state index contributed by atoms with van der Waals surface area (Å²) in [5.74, 6) is 0.541. The second-order valence-corrected chi connectivity index (χ2v) is 9.94. The zero-order valence-corrected chi connectivity index (χ0v) is 17.8. The van der Waals surface area contributed by atoms with Gasteiger partial charge in [0.15, 0.2) is 0 Å². The first-order valence-corrected chi connectivity index (χ1v) is 11.8. The Morgan fingerprint density at radius 1 is 1.23 bits per heavy atom. The van der Waals surface area contributed by atoms with Crippen molar-refractivity contribution in [3.05, 3.63) is 24.3 Å². The van der Waals surface area contributed by atoms with Gasteiger partial charge in [0.1, 0.15) is 5.75 Å². The molecule has 1 saturated carbocycles. The SMILES string of the molecule is COc1ccc(S(=O)(=O)N[C@@H]2C[C@H]3C(=O)NC[C@@H](CCC(=O)NC4CC4)N3C2)cc1. The molecule has 30 heavy (non-hydrogen) atoms. The van der Waals surface area contributed by atoms with E-state index in [1.165, 1.54) is 19.2 Å². The molecule has 3 aliphatic rings. The third-order valence-corrected chi connectivity index (χ3v) is 7.50. The van der Waals surface area contributed by atoms with Crippen molar-refractivity contribution in [2.75, 3.05) is 20.2 Å². The molecule has 1 aliphatic carbocycles. The zero-order valence-electron chi connectivity index (χ0n) is 17.0. The molecule has 0 spiro atoms. The van der Waals surface area contributed by atoms with Crippen LogP contribution in [-0.2, 0) is 19.6 Å². The van der Waals surface area contributed by atoms with Crippen LogP contribution in [0, 0.1) is 0 Å². The first-order valence-electron chi connectivity index (χ1n) is 10.3. The summed E-state index contributed by atoms with van der Waals surface area (Å²) in [4.78, 5) is 26.6. The maximum atomic E-state index is 12.8. The maximum Gasteiger partial charge on any atom is 0.240 e. The first kappa shape index (κ1) is 21.1. The van der Waals surface area contributed by atoms with Crippen LogP contribution in [0.1, 0.15) is 32.1 Å². The zero-order chi connectivity index (χ0) is 21.3. The van der Waals surface area contributed by atoms with E-state index >= 15 is 0 Å². The van der Waals surface area contributed by atoms with Gasteiger partial charge in [-0.15, -0.1) is 0 Å². The highest BCUT2D eigenvalue weighted by molar-refractivity contribution is 7.89. The van der Waals surface area contributed by atoms with E-state index < -0.39 is 10.0 Å². The molecule has 2 saturated heterocycles. The fourth-order valence-electron chi connectivity index (χ4n) is 4.20. The number of carbonyl (C=O) groups excluding carboxylic acids is 2. The van der Waals surface area contributed by atoms with Gasteiger partial charge in [0.25, 0.3) is 0 Å². The number of hydrogen-bond acceptors (Lipinski definition) is 6. The van der Waals surface area contributed by atoms with Crippen molar-refractivity contribution < 1.29 is 22.7 Å². The van der Waals surface area contributed by atoms with Gasteiger partial charge in [0.2, 0.25) is 21.8 Å². The number of sulfonamides is 1. The van der Waals surface area contributed by atoms with Gasteiger partial charge in [0.05, 0.1) is 18.0 Å². The highest BCUT2D eigenvalue weighted by Crippen LogP contribution is 2.27. The standard InChI is InChI=1S/C20H28N4O5S/c1-29-16-5-7-17(8-6-16)30(27,28)23-14-10-18-20(26)21-11-15(24(18)12-14)4-9-19(25)22-13-2-3-13/h5-8,13-15,18,23H,2-4,9-12H2,1H3,(H,21,26)(H,22,25)/t14-,15-,18+/m1/s1. The quantitative estimate of drug-likeness (QED) is 0.527. The van der Waals surface area contributed by atoms with E-state index in [9.17, 15) is 18.0 Å². The molecule has 10 heteroatoms. The molecule has 3 fully saturated rings. The average Bonchev–Trinajstić information content (AvgIpc) is 3.43. The van der Waals surface area contributed by atoms with Crippen molar-refractivity contribution in [2.24, 2.45) is 0 Å². The van der Waals surface area contributed by atoms with E-state index in [1.54, 1.807) is 12.1 Å². The highest BCUT2D eigenvalue weighted by atomic mass is 32.2. The molecule has 2 heterocycles. The Morgan fingerprint density at radius 2 is 1.97 bits per heavy atom. The topological polar surface area (TPSA) is 117 Å². The Hall–Kier alpha value is -2.17. The van der Waals surface area contributed by atoms with Crippen LogP contribution in [0.3, 0.4) is 0 Å². The largest absolute Gasteiger partial charge is 0.497 e. The van der Waals surface area contributed by atoms with Gasteiger partial charge in [0, 0.05) is 37.6 Å². The van der Waals surface area contributed by atoms with Crippen LogP contribution in [0.4, 0.5) is 0 Å². The third kappa shape index (κ3) is 4.76. The van der Waals surface area contributed by atoms with Gasteiger partial charge in [-0.3, -0.25) is 14.5 Å². The number of amides is 2. The summed E-state index contributed by atoms with van der Waals surface area (Å²) >= 11 is 0. The molecule has 2 amide bonds. The minimum Gasteiger partial charge on any atom is -0.497 e. The fourth-order valence-corrected chi connectivity index (χ4v) is 5.44. The molecule has 1 aromatic rings. The van der Waals surface area contributed by atoms with Gasteiger partial charge in [-0.25, -0.2) is 13.1 Å². The van der Waals surface area contributed by atoms with Crippen LogP contribution in [0.2, 0.25) is 0 Å². The minimum absolute atomic E-state index is 0.0214. The second kappa shape index (κ2) is 8.52. The van der Waals surface area contributed by atoms with Crippen molar-refractivity contribution in [3.8, 4) is 5.75 Å². The molecule has 9 nitrogen and oxygen atoms in total. The van der Waals surface area contributed by atoms with E-state index in [2.05, 4.69) is 15.4 Å². The summed E-state index contributed by atoms with van der Waals surface area (Å²) in [5.41, 5.74) is 0. The number of nitrogens with one attached hydrogen (secondary N) is 3. The van der Waals surface area contributed by atoms with E-state index in [-0.39, 0.29) is 34.8 Å². The van der Waals surface area contributed by atoms with Gasteiger partial charge < -0.3 is 15.4 Å². The number of fused-ring (bicyclic) bond motifs is 1. The fraction of sp³-hybridized carbons (Fsp3) is 0.600. The number of carbonyl (C=O) groups is 2. The Labute approximate surface area is 176 Å². The van der Waals surface area contributed by atoms with Gasteiger partial charge in [-0.2, -0.15) is 0 Å². The number of ether oxygens (including phenoxy) is 1. The minimum atomic E-state index is -3.71. The molecule has 0 unspecified atom stereocenters. The molecule has 4 rings (SSSR count). The molecule has 0 aromatic heterocycles. The van der Waals surface area contributed by atoms with E-state index in [0.717, 1.165) is 12.8 Å². The molecule has 0 bridgehead atoms. The summed E-state index contributed by atoms with van der Waals surface area (Å²) in [6.45, 7) is 0.923. The Kier molecular flexibility index (Phi) is 5.99. The Bertz CT molecular complexity index is 900. The van der Waals surface area contributed by atoms with Gasteiger partial charge in [-0.05, 0) is 49.9 Å². The summed E-state index contributed by atoms with van der Waals surface area (Å²) < 4.78 is 33.3. The maximum absolute atomic E-state index is 12.8. The predicted octanol–water partition coefficient (Wildman–Crippen LogP) is -0.0264. The van der Waals surface area contributed by atoms with Crippen molar-refractivity contribution in [2.45, 2.75) is 61.2 Å². The molecular formula is C20H28N4O5S. The lowest BCUT2D eigenvalue weighted by Gasteiger charge is -2.37. The van der Waals surface area contributed by atoms with Crippen LogP contribution < -0.4 is 20.1 Å². The molecule has 2 aliphatic heterocycles. The van der Waals surface area contributed by atoms with Crippen LogP contribution in [0.25, 0.3) is 0 Å². The lowest BCUT2D eigenvalue weighted by Crippen LogP contribution is -2.58. The van der Waals surface area contributed by atoms with Crippen LogP contribution in [-0.4, -0.2) is 69.5 Å². The Morgan fingerprint density at radius 3 is 2.63 bits per heavy atom. The summed E-state index contributed by atoms with van der Waals surface area (Å²) in [5, 5.41) is 5.89. The van der Waals surface area contributed by atoms with Crippen LogP contribution >= 0.6 is 0 Å². The molecule has 164 valence electrons.